The molecule has 3 N–H and O–H groups in total. The number of likely N-dealkylation sites (tertiary alicyclic amines) is 1. The Bertz CT molecular complexity index is 663. The molecule has 6 nitrogen and oxygen atoms in total. The molecule has 1 aromatic heterocycles. The van der Waals surface area contributed by atoms with Gasteiger partial charge in [-0.3, -0.25) is 9.89 Å². The summed E-state index contributed by atoms with van der Waals surface area (Å²) in [6.07, 6.45) is 1.73. The fourth-order valence-electron chi connectivity index (χ4n) is 2.91. The Morgan fingerprint density at radius 1 is 1.36 bits per heavy atom. The van der Waals surface area contributed by atoms with Gasteiger partial charge in [-0.05, 0) is 38.8 Å². The Kier molecular flexibility index (Phi) is 3.94. The maximum Gasteiger partial charge on any atom is 0.254 e. The normalized spacial score (nSPS) is 21.9. The van der Waals surface area contributed by atoms with Crippen LogP contribution in [-0.2, 0) is 0 Å². The third-order valence-corrected chi connectivity index (χ3v) is 4.16. The van der Waals surface area contributed by atoms with Gasteiger partial charge in [0.05, 0.1) is 0 Å². The summed E-state index contributed by atoms with van der Waals surface area (Å²) in [5, 5.41) is 6.94. The lowest BCUT2D eigenvalue weighted by molar-refractivity contribution is 0.0619. The van der Waals surface area contributed by atoms with Gasteiger partial charge in [-0.2, -0.15) is 5.10 Å². The Morgan fingerprint density at radius 3 is 2.68 bits per heavy atom. The van der Waals surface area contributed by atoms with Gasteiger partial charge < -0.3 is 10.6 Å². The van der Waals surface area contributed by atoms with Crippen molar-refractivity contribution in [3.05, 3.63) is 35.7 Å². The Labute approximate surface area is 129 Å². The number of nitrogens with zero attached hydrogens (tertiary/aromatic N) is 3. The van der Waals surface area contributed by atoms with Crippen LogP contribution in [0.15, 0.2) is 24.3 Å². The predicted molar refractivity (Wildman–Crippen MR) is 84.3 cm³/mol. The van der Waals surface area contributed by atoms with Crippen LogP contribution in [0.25, 0.3) is 11.4 Å². The number of benzene rings is 1. The number of carbonyl (C=O) groups is 1. The highest BCUT2D eigenvalue weighted by Gasteiger charge is 2.27. The highest BCUT2D eigenvalue weighted by atomic mass is 16.2. The monoisotopic (exact) mass is 299 g/mol. The maximum atomic E-state index is 12.6. The van der Waals surface area contributed by atoms with Gasteiger partial charge in [0.1, 0.15) is 5.82 Å². The number of amides is 1. The summed E-state index contributed by atoms with van der Waals surface area (Å²) < 4.78 is 0. The molecule has 0 bridgehead atoms. The quantitative estimate of drug-likeness (QED) is 0.884. The number of hydrogen-bond acceptors (Lipinski definition) is 4. The minimum Gasteiger partial charge on any atom is -0.336 e. The fourth-order valence-corrected chi connectivity index (χ4v) is 2.91. The van der Waals surface area contributed by atoms with Gasteiger partial charge in [-0.1, -0.05) is 12.1 Å². The molecule has 1 fully saturated rings. The number of H-pyrrole nitrogens is 1. The second-order valence-electron chi connectivity index (χ2n) is 5.95. The van der Waals surface area contributed by atoms with E-state index >= 15 is 0 Å². The number of piperidine rings is 1. The van der Waals surface area contributed by atoms with Crippen LogP contribution < -0.4 is 5.73 Å². The molecule has 0 spiro atoms. The van der Waals surface area contributed by atoms with Crippen molar-refractivity contribution in [3.8, 4) is 11.4 Å². The second-order valence-corrected chi connectivity index (χ2v) is 5.95. The maximum absolute atomic E-state index is 12.6. The minimum absolute atomic E-state index is 0.0668. The summed E-state index contributed by atoms with van der Waals surface area (Å²) in [6.45, 7) is 4.64. The third-order valence-electron chi connectivity index (χ3n) is 4.16. The van der Waals surface area contributed by atoms with Crippen molar-refractivity contribution in [1.82, 2.24) is 20.1 Å². The number of aromatic nitrogens is 3. The van der Waals surface area contributed by atoms with Crippen LogP contribution in [0.4, 0.5) is 0 Å². The first-order valence-electron chi connectivity index (χ1n) is 7.60. The molecule has 0 aliphatic carbocycles. The summed E-state index contributed by atoms with van der Waals surface area (Å²) in [6, 6.07) is 7.84. The van der Waals surface area contributed by atoms with Crippen LogP contribution in [0, 0.1) is 6.92 Å². The fraction of sp³-hybridized carbons (Fsp3) is 0.438. The van der Waals surface area contributed by atoms with Gasteiger partial charge >= 0.3 is 0 Å². The molecular weight excluding hydrogens is 278 g/mol. The highest BCUT2D eigenvalue weighted by Crippen LogP contribution is 2.21. The number of aromatic amines is 1. The summed E-state index contributed by atoms with van der Waals surface area (Å²) in [5.74, 6) is 1.49. The summed E-state index contributed by atoms with van der Waals surface area (Å²) in [4.78, 5) is 18.8. The molecular formula is C16H21N5O. The molecule has 2 aromatic rings. The van der Waals surface area contributed by atoms with Crippen molar-refractivity contribution < 1.29 is 4.79 Å². The average Bonchev–Trinajstić information content (AvgIpc) is 2.93. The molecule has 1 aliphatic rings. The lowest BCUT2D eigenvalue weighted by Gasteiger charge is -2.36. The van der Waals surface area contributed by atoms with Crippen LogP contribution in [-0.4, -0.2) is 44.6 Å². The van der Waals surface area contributed by atoms with Crippen LogP contribution >= 0.6 is 0 Å². The highest BCUT2D eigenvalue weighted by molar-refractivity contribution is 5.94. The van der Waals surface area contributed by atoms with Gasteiger partial charge in [-0.25, -0.2) is 4.98 Å². The van der Waals surface area contributed by atoms with Gasteiger partial charge in [0.15, 0.2) is 5.82 Å². The summed E-state index contributed by atoms with van der Waals surface area (Å²) >= 11 is 0. The number of nitrogens with one attached hydrogen (secondary N) is 1. The molecule has 6 heteroatoms. The molecule has 1 aliphatic heterocycles. The molecule has 0 saturated carbocycles. The number of hydrogen-bond donors (Lipinski definition) is 2. The van der Waals surface area contributed by atoms with E-state index in [9.17, 15) is 4.79 Å². The largest absolute Gasteiger partial charge is 0.336 e. The Hall–Kier alpha value is -2.21. The molecule has 2 atom stereocenters. The van der Waals surface area contributed by atoms with Crippen LogP contribution in [0.2, 0.25) is 0 Å². The van der Waals surface area contributed by atoms with Gasteiger partial charge in [0.25, 0.3) is 5.91 Å². The zero-order valence-corrected chi connectivity index (χ0v) is 12.9. The van der Waals surface area contributed by atoms with E-state index in [1.54, 1.807) is 0 Å². The van der Waals surface area contributed by atoms with E-state index in [4.69, 9.17) is 5.73 Å². The van der Waals surface area contributed by atoms with E-state index < -0.39 is 0 Å². The molecule has 1 aromatic carbocycles. The van der Waals surface area contributed by atoms with Crippen LogP contribution in [0.1, 0.15) is 35.9 Å². The number of aryl methyl sites for hydroxylation is 1. The Morgan fingerprint density at radius 2 is 2.09 bits per heavy atom. The van der Waals surface area contributed by atoms with Gasteiger partial charge in [0.2, 0.25) is 0 Å². The number of carbonyl (C=O) groups excluding carboxylic acids is 1. The summed E-state index contributed by atoms with van der Waals surface area (Å²) in [7, 11) is 0. The second kappa shape index (κ2) is 5.88. The number of nitrogens with two attached hydrogens (primary N) is 1. The van der Waals surface area contributed by atoms with E-state index in [-0.39, 0.29) is 18.0 Å². The van der Waals surface area contributed by atoms with Crippen molar-refractivity contribution in [1.29, 1.82) is 0 Å². The van der Waals surface area contributed by atoms with Gasteiger partial charge in [0, 0.05) is 29.8 Å². The molecule has 116 valence electrons. The average molecular weight is 299 g/mol. The van der Waals surface area contributed by atoms with Gasteiger partial charge in [-0.15, -0.1) is 0 Å². The topological polar surface area (TPSA) is 87.9 Å². The van der Waals surface area contributed by atoms with Crippen LogP contribution in [0.3, 0.4) is 0 Å². The predicted octanol–water partition coefficient (Wildman–Crippen LogP) is 1.73. The van der Waals surface area contributed by atoms with Crippen molar-refractivity contribution >= 4 is 5.91 Å². The molecule has 0 unspecified atom stereocenters. The molecule has 2 heterocycles. The molecule has 1 amide bonds. The van der Waals surface area contributed by atoms with Crippen molar-refractivity contribution in [2.75, 3.05) is 6.54 Å². The first kappa shape index (κ1) is 14.7. The zero-order chi connectivity index (χ0) is 15.7. The van der Waals surface area contributed by atoms with Crippen molar-refractivity contribution in [2.24, 2.45) is 5.73 Å². The molecule has 1 saturated heterocycles. The van der Waals surface area contributed by atoms with Crippen LogP contribution in [0.5, 0.6) is 0 Å². The summed E-state index contributed by atoms with van der Waals surface area (Å²) in [5.41, 5.74) is 7.55. The standard InChI is InChI=1S/C16H21N5O/c1-10-9-14(17)7-8-21(10)16(22)13-5-3-12(4-6-13)15-18-11(2)19-20-15/h3-6,10,14H,7-9,17H2,1-2H3,(H,18,19,20)/t10-,14+/m1/s1. The lowest BCUT2D eigenvalue weighted by atomic mass is 9.98. The molecule has 22 heavy (non-hydrogen) atoms. The molecule has 0 radical (unpaired) electrons. The first-order valence-corrected chi connectivity index (χ1v) is 7.60. The van der Waals surface area contributed by atoms with Crippen molar-refractivity contribution in [3.63, 3.8) is 0 Å². The first-order chi connectivity index (χ1) is 10.5. The van der Waals surface area contributed by atoms with Crippen molar-refractivity contribution in [2.45, 2.75) is 38.8 Å². The van der Waals surface area contributed by atoms with E-state index in [2.05, 4.69) is 22.1 Å². The lowest BCUT2D eigenvalue weighted by Crippen LogP contribution is -2.48. The van der Waals surface area contributed by atoms with E-state index in [1.807, 2.05) is 36.1 Å². The smallest absolute Gasteiger partial charge is 0.254 e. The Balaban J connectivity index is 1.76. The van der Waals surface area contributed by atoms with E-state index in [1.165, 1.54) is 0 Å². The SMILES string of the molecule is Cc1nc(-c2ccc(C(=O)N3CC[C@H](N)C[C@H]3C)cc2)n[nH]1. The third kappa shape index (κ3) is 2.87. The van der Waals surface area contributed by atoms with E-state index in [0.29, 0.717) is 11.4 Å². The molecule has 3 rings (SSSR count). The zero-order valence-electron chi connectivity index (χ0n) is 12.9. The minimum atomic E-state index is 0.0668. The van der Waals surface area contributed by atoms with E-state index in [0.717, 1.165) is 30.8 Å². The number of rotatable bonds is 2.